The van der Waals surface area contributed by atoms with Crippen molar-refractivity contribution >= 4 is 35.0 Å². The lowest BCUT2D eigenvalue weighted by Gasteiger charge is -2.08. The van der Waals surface area contributed by atoms with Crippen LogP contribution in [0, 0.1) is 0 Å². The second-order valence-corrected chi connectivity index (χ2v) is 5.15. The minimum absolute atomic E-state index is 0.384. The molecule has 1 aromatic carbocycles. The zero-order valence-corrected chi connectivity index (χ0v) is 9.59. The van der Waals surface area contributed by atoms with Crippen LogP contribution in [0.5, 0.6) is 0 Å². The molecule has 0 bridgehead atoms. The SMILES string of the molecule is CC(CN)Sc1cc(Cl)cc(Cl)c1. The van der Waals surface area contributed by atoms with Crippen LogP contribution in [0.2, 0.25) is 10.0 Å². The fraction of sp³-hybridized carbons (Fsp3) is 0.333. The van der Waals surface area contributed by atoms with Gasteiger partial charge in [-0.1, -0.05) is 30.1 Å². The number of thioether (sulfide) groups is 1. The summed E-state index contributed by atoms with van der Waals surface area (Å²) in [5.41, 5.74) is 5.51. The number of rotatable bonds is 3. The molecule has 0 heterocycles. The van der Waals surface area contributed by atoms with Crippen LogP contribution in [0.1, 0.15) is 6.92 Å². The van der Waals surface area contributed by atoms with Crippen LogP contribution in [-0.4, -0.2) is 11.8 Å². The zero-order valence-electron chi connectivity index (χ0n) is 7.26. The van der Waals surface area contributed by atoms with Crippen LogP contribution in [0.25, 0.3) is 0 Å². The quantitative estimate of drug-likeness (QED) is 0.813. The van der Waals surface area contributed by atoms with Crippen molar-refractivity contribution in [3.8, 4) is 0 Å². The van der Waals surface area contributed by atoms with Gasteiger partial charge in [0.25, 0.3) is 0 Å². The molecule has 0 aromatic heterocycles. The largest absolute Gasteiger partial charge is 0.329 e. The van der Waals surface area contributed by atoms with E-state index in [0.29, 0.717) is 21.8 Å². The Balaban J connectivity index is 2.77. The van der Waals surface area contributed by atoms with Gasteiger partial charge in [0.2, 0.25) is 0 Å². The third kappa shape index (κ3) is 3.77. The summed E-state index contributed by atoms with van der Waals surface area (Å²) in [6.07, 6.45) is 0. The first-order chi connectivity index (χ1) is 6.11. The highest BCUT2D eigenvalue weighted by Gasteiger charge is 2.03. The Hall–Kier alpha value is 0.110. The molecule has 0 aliphatic carbocycles. The summed E-state index contributed by atoms with van der Waals surface area (Å²) in [7, 11) is 0. The number of halogens is 2. The lowest BCUT2D eigenvalue weighted by atomic mass is 10.4. The van der Waals surface area contributed by atoms with E-state index in [1.807, 2.05) is 12.1 Å². The van der Waals surface area contributed by atoms with E-state index in [-0.39, 0.29) is 0 Å². The maximum atomic E-state index is 5.85. The topological polar surface area (TPSA) is 26.0 Å². The molecule has 0 aliphatic rings. The lowest BCUT2D eigenvalue weighted by molar-refractivity contribution is 0.951. The van der Waals surface area contributed by atoms with Gasteiger partial charge in [-0.05, 0) is 18.2 Å². The van der Waals surface area contributed by atoms with E-state index in [9.17, 15) is 0 Å². The van der Waals surface area contributed by atoms with Gasteiger partial charge >= 0.3 is 0 Å². The van der Waals surface area contributed by atoms with E-state index in [4.69, 9.17) is 28.9 Å². The van der Waals surface area contributed by atoms with Crippen molar-refractivity contribution in [3.63, 3.8) is 0 Å². The standard InChI is InChI=1S/C9H11Cl2NS/c1-6(5-12)13-9-3-7(10)2-8(11)4-9/h2-4,6H,5,12H2,1H3. The number of nitrogens with two attached hydrogens (primary N) is 1. The van der Waals surface area contributed by atoms with Crippen LogP contribution in [0.3, 0.4) is 0 Å². The average Bonchev–Trinajstić information content (AvgIpc) is 2.02. The highest BCUT2D eigenvalue weighted by atomic mass is 35.5. The molecule has 0 amide bonds. The molecule has 0 aliphatic heterocycles. The molecule has 1 aromatic rings. The first kappa shape index (κ1) is 11.2. The van der Waals surface area contributed by atoms with Crippen LogP contribution in [0.15, 0.2) is 23.1 Å². The van der Waals surface area contributed by atoms with Gasteiger partial charge in [0.1, 0.15) is 0 Å². The molecule has 0 radical (unpaired) electrons. The molecule has 0 saturated carbocycles. The fourth-order valence-electron chi connectivity index (χ4n) is 0.877. The molecule has 1 atom stereocenters. The third-order valence-corrected chi connectivity index (χ3v) is 3.04. The van der Waals surface area contributed by atoms with Crippen LogP contribution < -0.4 is 5.73 Å². The van der Waals surface area contributed by atoms with E-state index in [1.165, 1.54) is 0 Å². The average molecular weight is 236 g/mol. The summed E-state index contributed by atoms with van der Waals surface area (Å²) >= 11 is 13.4. The van der Waals surface area contributed by atoms with Crippen molar-refractivity contribution in [2.75, 3.05) is 6.54 Å². The molecule has 0 fully saturated rings. The second-order valence-electron chi connectivity index (χ2n) is 2.77. The van der Waals surface area contributed by atoms with Crippen LogP contribution in [0.4, 0.5) is 0 Å². The summed E-state index contributed by atoms with van der Waals surface area (Å²) < 4.78 is 0. The molecule has 4 heteroatoms. The summed E-state index contributed by atoms with van der Waals surface area (Å²) in [6, 6.07) is 5.51. The van der Waals surface area contributed by atoms with Crippen molar-refractivity contribution in [2.45, 2.75) is 17.1 Å². The zero-order chi connectivity index (χ0) is 9.84. The summed E-state index contributed by atoms with van der Waals surface area (Å²) in [5.74, 6) is 0. The van der Waals surface area contributed by atoms with Crippen molar-refractivity contribution in [1.82, 2.24) is 0 Å². The normalized spacial score (nSPS) is 12.9. The molecule has 1 nitrogen and oxygen atoms in total. The molecule has 1 unspecified atom stereocenters. The van der Waals surface area contributed by atoms with Gasteiger partial charge < -0.3 is 5.73 Å². The number of benzene rings is 1. The Morgan fingerprint density at radius 1 is 1.31 bits per heavy atom. The van der Waals surface area contributed by atoms with Gasteiger partial charge in [-0.3, -0.25) is 0 Å². The van der Waals surface area contributed by atoms with Crippen molar-refractivity contribution in [2.24, 2.45) is 5.73 Å². The monoisotopic (exact) mass is 235 g/mol. The van der Waals surface area contributed by atoms with E-state index in [0.717, 1.165) is 4.90 Å². The van der Waals surface area contributed by atoms with Crippen molar-refractivity contribution in [1.29, 1.82) is 0 Å². The highest BCUT2D eigenvalue weighted by molar-refractivity contribution is 8.00. The minimum Gasteiger partial charge on any atom is -0.329 e. The van der Waals surface area contributed by atoms with E-state index in [2.05, 4.69) is 6.92 Å². The maximum absolute atomic E-state index is 5.85. The first-order valence-corrected chi connectivity index (χ1v) is 5.58. The predicted octanol–water partition coefficient (Wildman–Crippen LogP) is 3.43. The van der Waals surface area contributed by atoms with Gasteiger partial charge in [-0.2, -0.15) is 0 Å². The van der Waals surface area contributed by atoms with Crippen LogP contribution in [-0.2, 0) is 0 Å². The maximum Gasteiger partial charge on any atom is 0.0431 e. The van der Waals surface area contributed by atoms with E-state index in [1.54, 1.807) is 17.8 Å². The van der Waals surface area contributed by atoms with Crippen molar-refractivity contribution < 1.29 is 0 Å². The Bertz CT molecular complexity index is 271. The van der Waals surface area contributed by atoms with E-state index < -0.39 is 0 Å². The predicted molar refractivity (Wildman–Crippen MR) is 60.8 cm³/mol. The molecule has 0 saturated heterocycles. The smallest absolute Gasteiger partial charge is 0.0431 e. The Morgan fingerprint density at radius 3 is 2.31 bits per heavy atom. The molecular formula is C9H11Cl2NS. The third-order valence-electron chi connectivity index (χ3n) is 1.51. The Morgan fingerprint density at radius 2 is 1.85 bits per heavy atom. The summed E-state index contributed by atoms with van der Waals surface area (Å²) in [5, 5.41) is 1.72. The molecule has 1 rings (SSSR count). The Kier molecular flexibility index (Phi) is 4.39. The highest BCUT2D eigenvalue weighted by Crippen LogP contribution is 2.28. The molecule has 0 spiro atoms. The molecule has 2 N–H and O–H groups in total. The van der Waals surface area contributed by atoms with Gasteiger partial charge in [-0.15, -0.1) is 11.8 Å². The van der Waals surface area contributed by atoms with Gasteiger partial charge in [0.05, 0.1) is 0 Å². The lowest BCUT2D eigenvalue weighted by Crippen LogP contribution is -2.12. The number of hydrogen-bond acceptors (Lipinski definition) is 2. The van der Waals surface area contributed by atoms with Gasteiger partial charge in [-0.25, -0.2) is 0 Å². The van der Waals surface area contributed by atoms with E-state index >= 15 is 0 Å². The molecule has 13 heavy (non-hydrogen) atoms. The van der Waals surface area contributed by atoms with Crippen LogP contribution >= 0.6 is 35.0 Å². The van der Waals surface area contributed by atoms with Gasteiger partial charge in [0, 0.05) is 26.7 Å². The first-order valence-electron chi connectivity index (χ1n) is 3.94. The molecule has 72 valence electrons. The fourth-order valence-corrected chi connectivity index (χ4v) is 2.48. The second kappa shape index (κ2) is 5.11. The summed E-state index contributed by atoms with van der Waals surface area (Å²) in [4.78, 5) is 1.07. The minimum atomic E-state index is 0.384. The number of hydrogen-bond donors (Lipinski definition) is 1. The summed E-state index contributed by atoms with van der Waals surface area (Å²) in [6.45, 7) is 2.72. The molecular weight excluding hydrogens is 225 g/mol. The van der Waals surface area contributed by atoms with Gasteiger partial charge in [0.15, 0.2) is 0 Å². The van der Waals surface area contributed by atoms with Crippen molar-refractivity contribution in [3.05, 3.63) is 28.2 Å². The Labute approximate surface area is 92.6 Å².